The van der Waals surface area contributed by atoms with Crippen molar-refractivity contribution in [3.05, 3.63) is 68.9 Å². The molecule has 0 saturated carbocycles. The number of thioether (sulfide) groups is 1. The number of nitrogens with zero attached hydrogens (tertiary/aromatic N) is 3. The lowest BCUT2D eigenvalue weighted by Crippen LogP contribution is -2.39. The van der Waals surface area contributed by atoms with E-state index in [4.69, 9.17) is 0 Å². The quantitative estimate of drug-likeness (QED) is 0.523. The largest absolute Gasteiger partial charge is 0.494 e. The van der Waals surface area contributed by atoms with Crippen LogP contribution in [0.2, 0.25) is 0 Å². The van der Waals surface area contributed by atoms with Gasteiger partial charge in [0.2, 0.25) is 5.88 Å². The molecule has 0 aliphatic carbocycles. The van der Waals surface area contributed by atoms with Crippen molar-refractivity contribution in [3.63, 3.8) is 0 Å². The molecule has 0 aliphatic rings. The van der Waals surface area contributed by atoms with Crippen LogP contribution in [-0.4, -0.2) is 25.0 Å². The summed E-state index contributed by atoms with van der Waals surface area (Å²) in [6.07, 6.45) is 1.68. The fourth-order valence-electron chi connectivity index (χ4n) is 2.06. The summed E-state index contributed by atoms with van der Waals surface area (Å²) in [5.41, 5.74) is 0.576. The van der Waals surface area contributed by atoms with E-state index in [0.29, 0.717) is 16.5 Å². The molecule has 0 atom stereocenters. The molecule has 0 radical (unpaired) electrons. The van der Waals surface area contributed by atoms with Crippen LogP contribution in [0.1, 0.15) is 11.1 Å². The third kappa shape index (κ3) is 3.51. The van der Waals surface area contributed by atoms with Crippen molar-refractivity contribution in [1.29, 1.82) is 0 Å². The van der Waals surface area contributed by atoms with Crippen LogP contribution >= 0.6 is 11.8 Å². The van der Waals surface area contributed by atoms with E-state index >= 15 is 0 Å². The number of rotatable bonds is 4. The number of hydrogen-bond acceptors (Lipinski definition) is 5. The first kappa shape index (κ1) is 17.8. The van der Waals surface area contributed by atoms with Crippen LogP contribution in [0.25, 0.3) is 0 Å². The molecule has 0 bridgehead atoms. The lowest BCUT2D eigenvalue weighted by molar-refractivity contribution is 0.410. The molecule has 0 fully saturated rings. The topological polar surface area (TPSA) is 76.6 Å². The molecule has 7 heteroatoms. The average molecular weight is 345 g/mol. The fourth-order valence-corrected chi connectivity index (χ4v) is 2.82. The first-order valence-corrected chi connectivity index (χ1v) is 8.23. The molecule has 1 N–H and O–H groups in total. The van der Waals surface area contributed by atoms with Crippen LogP contribution < -0.4 is 11.2 Å². The second kappa shape index (κ2) is 7.35. The van der Waals surface area contributed by atoms with Gasteiger partial charge in [-0.1, -0.05) is 23.8 Å². The van der Waals surface area contributed by atoms with E-state index in [1.165, 1.54) is 25.9 Å². The van der Waals surface area contributed by atoms with Crippen molar-refractivity contribution in [2.45, 2.75) is 6.92 Å². The van der Waals surface area contributed by atoms with Gasteiger partial charge in [0, 0.05) is 19.8 Å². The number of aromatic hydroxyl groups is 1. The molecule has 2 aromatic rings. The van der Waals surface area contributed by atoms with Gasteiger partial charge >= 0.3 is 5.69 Å². The summed E-state index contributed by atoms with van der Waals surface area (Å²) < 4.78 is 1.98. The number of aliphatic imine (C=N–C) groups is 1. The molecule has 2 rings (SSSR count). The van der Waals surface area contributed by atoms with Crippen molar-refractivity contribution in [3.8, 4) is 5.88 Å². The zero-order valence-electron chi connectivity index (χ0n) is 13.8. The zero-order chi connectivity index (χ0) is 17.9. The predicted octanol–water partition coefficient (Wildman–Crippen LogP) is 2.10. The minimum absolute atomic E-state index is 0.00650. The maximum Gasteiger partial charge on any atom is 0.333 e. The van der Waals surface area contributed by atoms with Crippen molar-refractivity contribution in [2.24, 2.45) is 19.1 Å². The van der Waals surface area contributed by atoms with Crippen molar-refractivity contribution < 1.29 is 5.11 Å². The smallest absolute Gasteiger partial charge is 0.333 e. The Bertz CT molecular complexity index is 908. The zero-order valence-corrected chi connectivity index (χ0v) is 14.6. The molecule has 0 amide bonds. The maximum atomic E-state index is 12.5. The first-order chi connectivity index (χ1) is 11.4. The van der Waals surface area contributed by atoms with E-state index < -0.39 is 17.1 Å². The fraction of sp³-hybridized carbons (Fsp3) is 0.235. The van der Waals surface area contributed by atoms with Gasteiger partial charge in [-0.2, -0.15) is 0 Å². The van der Waals surface area contributed by atoms with Crippen LogP contribution in [0.3, 0.4) is 0 Å². The van der Waals surface area contributed by atoms with Gasteiger partial charge in [0.05, 0.1) is 5.69 Å². The van der Waals surface area contributed by atoms with E-state index in [1.807, 2.05) is 31.2 Å². The molecule has 1 aromatic carbocycles. The number of benzene rings is 1. The second-order valence-electron chi connectivity index (χ2n) is 5.26. The van der Waals surface area contributed by atoms with E-state index in [1.54, 1.807) is 6.08 Å². The van der Waals surface area contributed by atoms with Crippen LogP contribution in [0, 0.1) is 6.92 Å². The van der Waals surface area contributed by atoms with Crippen molar-refractivity contribution >= 4 is 22.5 Å². The molecule has 126 valence electrons. The maximum absolute atomic E-state index is 12.5. The highest BCUT2D eigenvalue weighted by atomic mass is 32.2. The van der Waals surface area contributed by atoms with E-state index in [9.17, 15) is 14.7 Å². The standard InChI is InChI=1S/C17H19N3O3S/c1-5-10-24-14(18-12-8-6-11(2)7-9-12)13-15(21)19(3)17(23)20(4)16(13)22/h5-9,21H,1,10H2,2-4H3. The van der Waals surface area contributed by atoms with Crippen LogP contribution in [0.15, 0.2) is 51.5 Å². The minimum atomic E-state index is -0.593. The molecule has 24 heavy (non-hydrogen) atoms. The van der Waals surface area contributed by atoms with Gasteiger partial charge in [0.15, 0.2) is 0 Å². The van der Waals surface area contributed by atoms with E-state index in [-0.39, 0.29) is 5.56 Å². The summed E-state index contributed by atoms with van der Waals surface area (Å²) in [6.45, 7) is 5.63. The summed E-state index contributed by atoms with van der Waals surface area (Å²) in [6, 6.07) is 7.47. The number of aryl methyl sites for hydroxylation is 1. The van der Waals surface area contributed by atoms with Gasteiger partial charge in [-0.15, -0.1) is 18.3 Å². The summed E-state index contributed by atoms with van der Waals surface area (Å²) in [4.78, 5) is 28.9. The molecule has 1 aromatic heterocycles. The molecule has 0 aliphatic heterocycles. The third-order valence-electron chi connectivity index (χ3n) is 3.45. The second-order valence-corrected chi connectivity index (χ2v) is 6.27. The van der Waals surface area contributed by atoms with E-state index in [0.717, 1.165) is 14.7 Å². The molecule has 1 heterocycles. The van der Waals surface area contributed by atoms with Gasteiger partial charge in [-0.25, -0.2) is 9.79 Å². The first-order valence-electron chi connectivity index (χ1n) is 7.25. The van der Waals surface area contributed by atoms with Crippen LogP contribution in [-0.2, 0) is 14.1 Å². The Morgan fingerprint density at radius 1 is 1.25 bits per heavy atom. The Hall–Kier alpha value is -2.54. The summed E-state index contributed by atoms with van der Waals surface area (Å²) in [7, 11) is 2.78. The lowest BCUT2D eigenvalue weighted by Gasteiger charge is -2.12. The minimum Gasteiger partial charge on any atom is -0.494 e. The summed E-state index contributed by atoms with van der Waals surface area (Å²) >= 11 is 1.27. The van der Waals surface area contributed by atoms with E-state index in [2.05, 4.69) is 11.6 Å². The Balaban J connectivity index is 2.70. The Morgan fingerprint density at radius 2 is 1.88 bits per heavy atom. The third-order valence-corrected chi connectivity index (χ3v) is 4.42. The van der Waals surface area contributed by atoms with Gasteiger partial charge in [-0.05, 0) is 19.1 Å². The van der Waals surface area contributed by atoms with Gasteiger partial charge in [0.1, 0.15) is 10.6 Å². The molecular formula is C17H19N3O3S. The average Bonchev–Trinajstić information content (AvgIpc) is 2.58. The lowest BCUT2D eigenvalue weighted by atomic mass is 10.2. The monoisotopic (exact) mass is 345 g/mol. The Labute approximate surface area is 143 Å². The molecule has 0 saturated heterocycles. The van der Waals surface area contributed by atoms with Crippen LogP contribution in [0.5, 0.6) is 5.88 Å². The SMILES string of the molecule is C=CCSC(=Nc1ccc(C)cc1)c1c(O)n(C)c(=O)n(C)c1=O. The molecule has 0 spiro atoms. The van der Waals surface area contributed by atoms with Gasteiger partial charge in [0.25, 0.3) is 5.56 Å². The summed E-state index contributed by atoms with van der Waals surface area (Å²) in [5.74, 6) is 0.112. The Kier molecular flexibility index (Phi) is 5.46. The van der Waals surface area contributed by atoms with Crippen LogP contribution in [0.4, 0.5) is 5.69 Å². The number of aromatic nitrogens is 2. The van der Waals surface area contributed by atoms with Crippen molar-refractivity contribution in [1.82, 2.24) is 9.13 Å². The molecular weight excluding hydrogens is 326 g/mol. The van der Waals surface area contributed by atoms with Gasteiger partial charge in [-0.3, -0.25) is 13.9 Å². The normalized spacial score (nSPS) is 11.5. The molecule has 6 nitrogen and oxygen atoms in total. The Morgan fingerprint density at radius 3 is 2.46 bits per heavy atom. The van der Waals surface area contributed by atoms with Crippen molar-refractivity contribution in [2.75, 3.05) is 5.75 Å². The summed E-state index contributed by atoms with van der Waals surface area (Å²) in [5, 5.41) is 10.6. The molecule has 0 unspecified atom stereocenters. The van der Waals surface area contributed by atoms with Gasteiger partial charge < -0.3 is 5.11 Å². The highest BCUT2D eigenvalue weighted by molar-refractivity contribution is 8.14. The highest BCUT2D eigenvalue weighted by Crippen LogP contribution is 2.23. The highest BCUT2D eigenvalue weighted by Gasteiger charge is 2.20. The number of hydrogen-bond donors (Lipinski definition) is 1. The predicted molar refractivity (Wildman–Crippen MR) is 98.6 cm³/mol.